The summed E-state index contributed by atoms with van der Waals surface area (Å²) in [6.07, 6.45) is 3.06. The van der Waals surface area contributed by atoms with Gasteiger partial charge < -0.3 is 4.74 Å². The van der Waals surface area contributed by atoms with Gasteiger partial charge in [0.15, 0.2) is 5.75 Å². The Morgan fingerprint density at radius 3 is 2.80 bits per heavy atom. The third kappa shape index (κ3) is 1.94. The van der Waals surface area contributed by atoms with Crippen LogP contribution in [0.5, 0.6) is 11.6 Å². The van der Waals surface area contributed by atoms with Crippen molar-refractivity contribution in [1.82, 2.24) is 14.8 Å². The highest BCUT2D eigenvalue weighted by atomic mass is 16.5. The van der Waals surface area contributed by atoms with Crippen molar-refractivity contribution in [2.45, 2.75) is 33.1 Å². The van der Waals surface area contributed by atoms with E-state index in [1.54, 1.807) is 4.68 Å². The van der Waals surface area contributed by atoms with Gasteiger partial charge in [0.05, 0.1) is 5.69 Å². The van der Waals surface area contributed by atoms with Gasteiger partial charge >= 0.3 is 0 Å². The smallest absolute Gasteiger partial charge is 0.237 e. The summed E-state index contributed by atoms with van der Waals surface area (Å²) in [6.45, 7) is 3.83. The molecule has 3 rings (SSSR count). The highest BCUT2D eigenvalue weighted by Crippen LogP contribution is 2.32. The van der Waals surface area contributed by atoms with Gasteiger partial charge in [0.1, 0.15) is 17.3 Å². The van der Waals surface area contributed by atoms with Crippen LogP contribution in [0.4, 0.5) is 0 Å². The van der Waals surface area contributed by atoms with Crippen molar-refractivity contribution in [1.29, 1.82) is 5.26 Å². The molecule has 0 amide bonds. The number of rotatable bonds is 2. The van der Waals surface area contributed by atoms with Crippen molar-refractivity contribution in [2.75, 3.05) is 0 Å². The molecule has 2 heterocycles. The van der Waals surface area contributed by atoms with Gasteiger partial charge in [-0.05, 0) is 44.7 Å². The molecule has 5 nitrogen and oxygen atoms in total. The van der Waals surface area contributed by atoms with Crippen LogP contribution in [0.2, 0.25) is 0 Å². The molecule has 1 aliphatic rings. The second-order valence-electron chi connectivity index (χ2n) is 5.14. The number of hydrogen-bond donors (Lipinski definition) is 0. The second-order valence-corrected chi connectivity index (χ2v) is 5.14. The normalized spacial score (nSPS) is 13.1. The average molecular weight is 268 g/mol. The Balaban J connectivity index is 2.05. The summed E-state index contributed by atoms with van der Waals surface area (Å²) >= 11 is 0. The molecule has 0 aromatic carbocycles. The van der Waals surface area contributed by atoms with Crippen molar-refractivity contribution in [3.05, 3.63) is 34.3 Å². The number of hydrogen-bond acceptors (Lipinski definition) is 4. The number of pyridine rings is 1. The first kappa shape index (κ1) is 12.7. The van der Waals surface area contributed by atoms with E-state index in [2.05, 4.69) is 16.2 Å². The molecule has 0 aliphatic heterocycles. The number of fused-ring (bicyclic) bond motifs is 1. The van der Waals surface area contributed by atoms with E-state index in [9.17, 15) is 5.26 Å². The summed E-state index contributed by atoms with van der Waals surface area (Å²) in [5.74, 6) is 1.08. The Bertz CT molecular complexity index is 724. The molecule has 2 aromatic heterocycles. The first-order chi connectivity index (χ1) is 9.60. The Kier molecular flexibility index (Phi) is 2.94. The number of aromatic nitrogens is 3. The maximum atomic E-state index is 9.28. The molecule has 0 spiro atoms. The molecule has 0 N–H and O–H groups in total. The summed E-state index contributed by atoms with van der Waals surface area (Å²) in [5, 5.41) is 13.6. The molecule has 2 aromatic rings. The molecule has 0 unspecified atom stereocenters. The summed E-state index contributed by atoms with van der Waals surface area (Å²) in [4.78, 5) is 4.53. The largest absolute Gasteiger partial charge is 0.434 e. The lowest BCUT2D eigenvalue weighted by Gasteiger charge is -2.09. The molecular weight excluding hydrogens is 252 g/mol. The zero-order valence-electron chi connectivity index (χ0n) is 11.9. The van der Waals surface area contributed by atoms with Crippen LogP contribution < -0.4 is 4.74 Å². The summed E-state index contributed by atoms with van der Waals surface area (Å²) in [5.41, 5.74) is 4.45. The zero-order chi connectivity index (χ0) is 14.3. The van der Waals surface area contributed by atoms with Gasteiger partial charge in [-0.25, -0.2) is 4.98 Å². The third-order valence-electron chi connectivity index (χ3n) is 3.78. The van der Waals surface area contributed by atoms with E-state index >= 15 is 0 Å². The van der Waals surface area contributed by atoms with E-state index in [4.69, 9.17) is 4.74 Å². The fourth-order valence-corrected chi connectivity index (χ4v) is 2.61. The first-order valence-corrected chi connectivity index (χ1v) is 6.71. The van der Waals surface area contributed by atoms with Gasteiger partial charge in [-0.1, -0.05) is 0 Å². The number of nitrogens with zero attached hydrogens (tertiary/aromatic N) is 4. The maximum absolute atomic E-state index is 9.28. The molecule has 20 heavy (non-hydrogen) atoms. The Morgan fingerprint density at radius 2 is 2.15 bits per heavy atom. The van der Waals surface area contributed by atoms with Crippen LogP contribution in [-0.2, 0) is 19.9 Å². The molecule has 102 valence electrons. The summed E-state index contributed by atoms with van der Waals surface area (Å²) in [6, 6.07) is 4.08. The van der Waals surface area contributed by atoms with E-state index in [1.807, 2.05) is 27.0 Å². The van der Waals surface area contributed by atoms with Crippen LogP contribution >= 0.6 is 0 Å². The highest BCUT2D eigenvalue weighted by molar-refractivity contribution is 5.47. The van der Waals surface area contributed by atoms with Gasteiger partial charge in [-0.3, -0.25) is 4.68 Å². The SMILES string of the molecule is Cc1nn(C)c(C)c1Oc1nc2c(cc1C#N)CCC2. The minimum Gasteiger partial charge on any atom is -0.434 e. The zero-order valence-corrected chi connectivity index (χ0v) is 11.9. The van der Waals surface area contributed by atoms with Crippen molar-refractivity contribution < 1.29 is 4.74 Å². The van der Waals surface area contributed by atoms with E-state index in [0.29, 0.717) is 17.2 Å². The topological polar surface area (TPSA) is 63.7 Å². The number of aryl methyl sites for hydroxylation is 4. The van der Waals surface area contributed by atoms with E-state index in [-0.39, 0.29) is 0 Å². The quantitative estimate of drug-likeness (QED) is 0.839. The predicted molar refractivity (Wildman–Crippen MR) is 73.7 cm³/mol. The van der Waals surface area contributed by atoms with E-state index in [1.165, 1.54) is 5.56 Å². The van der Waals surface area contributed by atoms with Crippen molar-refractivity contribution in [2.24, 2.45) is 7.05 Å². The minimum absolute atomic E-state index is 0.396. The predicted octanol–water partition coefficient (Wildman–Crippen LogP) is 2.58. The number of nitriles is 1. The molecule has 5 heteroatoms. The Hall–Kier alpha value is -2.35. The summed E-state index contributed by atoms with van der Waals surface area (Å²) in [7, 11) is 1.87. The van der Waals surface area contributed by atoms with Gasteiger partial charge in [-0.2, -0.15) is 10.4 Å². The Labute approximate surface area is 117 Å². The van der Waals surface area contributed by atoms with Crippen LogP contribution in [0.3, 0.4) is 0 Å². The molecule has 0 saturated heterocycles. The number of ether oxygens (including phenoxy) is 1. The van der Waals surface area contributed by atoms with Crippen molar-refractivity contribution >= 4 is 0 Å². The summed E-state index contributed by atoms with van der Waals surface area (Å²) < 4.78 is 7.66. The van der Waals surface area contributed by atoms with Gasteiger partial charge in [0.2, 0.25) is 5.88 Å². The minimum atomic E-state index is 0.396. The lowest BCUT2D eigenvalue weighted by Crippen LogP contribution is -1.98. The van der Waals surface area contributed by atoms with E-state index in [0.717, 1.165) is 36.3 Å². The molecular formula is C15H16N4O. The second kappa shape index (κ2) is 4.64. The molecule has 0 atom stereocenters. The first-order valence-electron chi connectivity index (χ1n) is 6.71. The van der Waals surface area contributed by atoms with Crippen molar-refractivity contribution in [3.63, 3.8) is 0 Å². The fourth-order valence-electron chi connectivity index (χ4n) is 2.61. The van der Waals surface area contributed by atoms with Crippen LogP contribution in [-0.4, -0.2) is 14.8 Å². The highest BCUT2D eigenvalue weighted by Gasteiger charge is 2.20. The maximum Gasteiger partial charge on any atom is 0.237 e. The standard InChI is InChI=1S/C15H16N4O/c1-9-14(10(2)19(3)18-9)20-15-12(8-16)7-11-5-4-6-13(11)17-15/h7H,4-6H2,1-3H3. The van der Waals surface area contributed by atoms with Crippen molar-refractivity contribution in [3.8, 4) is 17.7 Å². The van der Waals surface area contributed by atoms with Crippen LogP contribution in [0.15, 0.2) is 6.07 Å². The molecule has 1 aliphatic carbocycles. The molecule has 0 fully saturated rings. The monoisotopic (exact) mass is 268 g/mol. The lowest BCUT2D eigenvalue weighted by molar-refractivity contribution is 0.451. The molecule has 0 radical (unpaired) electrons. The average Bonchev–Trinajstić information content (AvgIpc) is 2.97. The van der Waals surface area contributed by atoms with Crippen LogP contribution in [0.25, 0.3) is 0 Å². The van der Waals surface area contributed by atoms with Gasteiger partial charge in [0, 0.05) is 12.7 Å². The van der Waals surface area contributed by atoms with Gasteiger partial charge in [0.25, 0.3) is 0 Å². The molecule has 0 saturated carbocycles. The van der Waals surface area contributed by atoms with Crippen LogP contribution in [0, 0.1) is 25.2 Å². The van der Waals surface area contributed by atoms with Gasteiger partial charge in [-0.15, -0.1) is 0 Å². The third-order valence-corrected chi connectivity index (χ3v) is 3.78. The lowest BCUT2D eigenvalue weighted by atomic mass is 10.1. The van der Waals surface area contributed by atoms with Crippen LogP contribution in [0.1, 0.15) is 34.6 Å². The fraction of sp³-hybridized carbons (Fsp3) is 0.400. The Morgan fingerprint density at radius 1 is 1.35 bits per heavy atom. The van der Waals surface area contributed by atoms with E-state index < -0.39 is 0 Å². The molecule has 0 bridgehead atoms.